The summed E-state index contributed by atoms with van der Waals surface area (Å²) in [6, 6.07) is 11.8. The Morgan fingerprint density at radius 3 is 2.91 bits per heavy atom. The van der Waals surface area contributed by atoms with Gasteiger partial charge in [0.1, 0.15) is 5.82 Å². The third-order valence-corrected chi connectivity index (χ3v) is 4.28. The fourth-order valence-corrected chi connectivity index (χ4v) is 2.98. The van der Waals surface area contributed by atoms with E-state index in [9.17, 15) is 4.79 Å². The second-order valence-corrected chi connectivity index (χ2v) is 6.31. The second-order valence-electron chi connectivity index (χ2n) is 4.99. The first kappa shape index (κ1) is 14.5. The number of benzene rings is 1. The SMILES string of the molecule is Cc1ccc(/C=N/NC(=O)Cc2nc3ccccc3n2C)s1. The van der Waals surface area contributed by atoms with Crippen molar-refractivity contribution in [2.45, 2.75) is 13.3 Å². The molecule has 5 nitrogen and oxygen atoms in total. The number of fused-ring (bicyclic) bond motifs is 1. The quantitative estimate of drug-likeness (QED) is 0.595. The number of hydrazone groups is 1. The maximum Gasteiger partial charge on any atom is 0.247 e. The number of hydrogen-bond donors (Lipinski definition) is 1. The van der Waals surface area contributed by atoms with Crippen LogP contribution in [0.4, 0.5) is 0 Å². The molecule has 2 aromatic heterocycles. The third-order valence-electron chi connectivity index (χ3n) is 3.34. The van der Waals surface area contributed by atoms with Gasteiger partial charge in [-0.3, -0.25) is 4.79 Å². The lowest BCUT2D eigenvalue weighted by atomic mass is 10.3. The van der Waals surface area contributed by atoms with E-state index in [1.54, 1.807) is 17.6 Å². The van der Waals surface area contributed by atoms with Crippen molar-refractivity contribution >= 4 is 34.5 Å². The number of nitrogens with zero attached hydrogens (tertiary/aromatic N) is 3. The maximum atomic E-state index is 12.0. The number of imidazole rings is 1. The van der Waals surface area contributed by atoms with Crippen LogP contribution in [0.25, 0.3) is 11.0 Å². The predicted octanol–water partition coefficient (Wildman–Crippen LogP) is 2.64. The molecule has 1 aromatic carbocycles. The monoisotopic (exact) mass is 312 g/mol. The first-order valence-electron chi connectivity index (χ1n) is 6.92. The molecule has 0 atom stereocenters. The molecule has 112 valence electrons. The summed E-state index contributed by atoms with van der Waals surface area (Å²) in [4.78, 5) is 18.7. The van der Waals surface area contributed by atoms with E-state index < -0.39 is 0 Å². The Kier molecular flexibility index (Phi) is 4.02. The molecule has 2 heterocycles. The van der Waals surface area contributed by atoms with Crippen LogP contribution in [0.3, 0.4) is 0 Å². The van der Waals surface area contributed by atoms with Crippen LogP contribution < -0.4 is 5.43 Å². The van der Waals surface area contributed by atoms with Gasteiger partial charge in [0.05, 0.1) is 23.7 Å². The van der Waals surface area contributed by atoms with Gasteiger partial charge in [0, 0.05) is 16.8 Å². The number of para-hydroxylation sites is 2. The van der Waals surface area contributed by atoms with E-state index in [1.165, 1.54) is 4.88 Å². The van der Waals surface area contributed by atoms with Crippen LogP contribution in [-0.2, 0) is 18.3 Å². The van der Waals surface area contributed by atoms with Gasteiger partial charge >= 0.3 is 0 Å². The lowest BCUT2D eigenvalue weighted by Crippen LogP contribution is -2.21. The van der Waals surface area contributed by atoms with Gasteiger partial charge in [0.25, 0.3) is 0 Å². The molecule has 0 bridgehead atoms. The first-order valence-corrected chi connectivity index (χ1v) is 7.74. The van der Waals surface area contributed by atoms with Crippen LogP contribution in [-0.4, -0.2) is 21.7 Å². The minimum Gasteiger partial charge on any atom is -0.331 e. The van der Waals surface area contributed by atoms with E-state index in [4.69, 9.17) is 0 Å². The summed E-state index contributed by atoms with van der Waals surface area (Å²) in [5.74, 6) is 0.545. The van der Waals surface area contributed by atoms with Gasteiger partial charge < -0.3 is 4.57 Å². The largest absolute Gasteiger partial charge is 0.331 e. The number of thiophene rings is 1. The van der Waals surface area contributed by atoms with E-state index >= 15 is 0 Å². The molecule has 6 heteroatoms. The van der Waals surface area contributed by atoms with Crippen molar-refractivity contribution < 1.29 is 4.79 Å². The van der Waals surface area contributed by atoms with Crippen LogP contribution in [0.15, 0.2) is 41.5 Å². The average molecular weight is 312 g/mol. The number of aryl methyl sites for hydroxylation is 2. The molecule has 0 fully saturated rings. The van der Waals surface area contributed by atoms with Gasteiger partial charge in [-0.05, 0) is 31.2 Å². The standard InChI is InChI=1S/C16H16N4OS/c1-11-7-8-12(22-11)10-17-19-16(21)9-15-18-13-5-3-4-6-14(13)20(15)2/h3-8,10H,9H2,1-2H3,(H,19,21)/b17-10+. The van der Waals surface area contributed by atoms with E-state index in [0.29, 0.717) is 0 Å². The summed E-state index contributed by atoms with van der Waals surface area (Å²) in [7, 11) is 1.91. The Balaban J connectivity index is 1.65. The van der Waals surface area contributed by atoms with Crippen LogP contribution in [0.1, 0.15) is 15.6 Å². The molecular weight excluding hydrogens is 296 g/mol. The molecule has 0 saturated heterocycles. The van der Waals surface area contributed by atoms with Crippen molar-refractivity contribution in [2.24, 2.45) is 12.1 Å². The molecule has 0 saturated carbocycles. The normalized spacial score (nSPS) is 11.4. The Morgan fingerprint density at radius 2 is 2.18 bits per heavy atom. The Morgan fingerprint density at radius 1 is 1.36 bits per heavy atom. The van der Waals surface area contributed by atoms with Crippen LogP contribution in [0.2, 0.25) is 0 Å². The number of nitrogens with one attached hydrogen (secondary N) is 1. The fourth-order valence-electron chi connectivity index (χ4n) is 2.23. The van der Waals surface area contributed by atoms with Gasteiger partial charge in [-0.2, -0.15) is 5.10 Å². The summed E-state index contributed by atoms with van der Waals surface area (Å²) in [5, 5.41) is 3.98. The van der Waals surface area contributed by atoms with Crippen molar-refractivity contribution in [3.05, 3.63) is 52.0 Å². The molecule has 0 aliphatic heterocycles. The third kappa shape index (κ3) is 3.07. The molecular formula is C16H16N4OS. The average Bonchev–Trinajstić information content (AvgIpc) is 3.04. The van der Waals surface area contributed by atoms with Crippen molar-refractivity contribution in [2.75, 3.05) is 0 Å². The van der Waals surface area contributed by atoms with Gasteiger partial charge in [0.15, 0.2) is 0 Å². The second kappa shape index (κ2) is 6.11. The van der Waals surface area contributed by atoms with E-state index in [-0.39, 0.29) is 12.3 Å². The van der Waals surface area contributed by atoms with Gasteiger partial charge in [-0.25, -0.2) is 10.4 Å². The highest BCUT2D eigenvalue weighted by molar-refractivity contribution is 7.13. The zero-order chi connectivity index (χ0) is 15.5. The van der Waals surface area contributed by atoms with E-state index in [1.807, 2.05) is 54.9 Å². The molecule has 0 aliphatic rings. The molecule has 1 N–H and O–H groups in total. The number of carbonyl (C=O) groups is 1. The minimum atomic E-state index is -0.178. The molecule has 0 unspecified atom stereocenters. The summed E-state index contributed by atoms with van der Waals surface area (Å²) in [6.45, 7) is 2.03. The summed E-state index contributed by atoms with van der Waals surface area (Å²) >= 11 is 1.63. The molecule has 0 spiro atoms. The number of rotatable bonds is 4. The van der Waals surface area contributed by atoms with E-state index in [0.717, 1.165) is 21.7 Å². The molecule has 1 amide bonds. The van der Waals surface area contributed by atoms with Crippen molar-refractivity contribution in [1.29, 1.82) is 0 Å². The smallest absolute Gasteiger partial charge is 0.247 e. The highest BCUT2D eigenvalue weighted by Gasteiger charge is 2.10. The lowest BCUT2D eigenvalue weighted by molar-refractivity contribution is -0.120. The van der Waals surface area contributed by atoms with Crippen molar-refractivity contribution in [1.82, 2.24) is 15.0 Å². The molecule has 3 rings (SSSR count). The molecule has 0 aliphatic carbocycles. The van der Waals surface area contributed by atoms with Crippen LogP contribution >= 0.6 is 11.3 Å². The Bertz CT molecular complexity index is 847. The fraction of sp³-hybridized carbons (Fsp3) is 0.188. The van der Waals surface area contributed by atoms with Gasteiger partial charge in [-0.15, -0.1) is 11.3 Å². The minimum absolute atomic E-state index is 0.178. The van der Waals surface area contributed by atoms with Crippen LogP contribution in [0, 0.1) is 6.92 Å². The Hall–Kier alpha value is -2.47. The summed E-state index contributed by atoms with van der Waals surface area (Å²) in [5.41, 5.74) is 4.45. The highest BCUT2D eigenvalue weighted by atomic mass is 32.1. The zero-order valence-electron chi connectivity index (χ0n) is 12.4. The topological polar surface area (TPSA) is 59.3 Å². The first-order chi connectivity index (χ1) is 10.6. The van der Waals surface area contributed by atoms with E-state index in [2.05, 4.69) is 15.5 Å². The zero-order valence-corrected chi connectivity index (χ0v) is 13.2. The highest BCUT2D eigenvalue weighted by Crippen LogP contribution is 2.14. The van der Waals surface area contributed by atoms with Crippen molar-refractivity contribution in [3.8, 4) is 0 Å². The number of aromatic nitrogens is 2. The number of carbonyl (C=O) groups excluding carboxylic acids is 1. The Labute approximate surface area is 132 Å². The molecule has 3 aromatic rings. The van der Waals surface area contributed by atoms with Gasteiger partial charge in [0.2, 0.25) is 5.91 Å². The van der Waals surface area contributed by atoms with Crippen molar-refractivity contribution in [3.63, 3.8) is 0 Å². The number of hydrogen-bond acceptors (Lipinski definition) is 4. The maximum absolute atomic E-state index is 12.0. The van der Waals surface area contributed by atoms with Gasteiger partial charge in [-0.1, -0.05) is 12.1 Å². The summed E-state index contributed by atoms with van der Waals surface area (Å²) in [6.07, 6.45) is 1.86. The summed E-state index contributed by atoms with van der Waals surface area (Å²) < 4.78 is 1.93. The molecule has 0 radical (unpaired) electrons. The van der Waals surface area contributed by atoms with Crippen LogP contribution in [0.5, 0.6) is 0 Å². The predicted molar refractivity (Wildman–Crippen MR) is 89.2 cm³/mol. The number of amides is 1. The lowest BCUT2D eigenvalue weighted by Gasteiger charge is -2.01. The molecule has 22 heavy (non-hydrogen) atoms.